The molecule has 3 atom stereocenters. The number of fused-ring (bicyclic) bond motifs is 1. The Morgan fingerprint density at radius 3 is 2.41 bits per heavy atom. The van der Waals surface area contributed by atoms with Crippen molar-refractivity contribution >= 4 is 56.5 Å². The van der Waals surface area contributed by atoms with Crippen LogP contribution in [0.15, 0.2) is 35.6 Å². The summed E-state index contributed by atoms with van der Waals surface area (Å²) in [5.41, 5.74) is 2.63. The number of hydrogen-bond acceptors (Lipinski definition) is 7. The first-order chi connectivity index (χ1) is 20.6. The maximum Gasteiger partial charge on any atom is 0.241 e. The second kappa shape index (κ2) is 15.0. The Hall–Kier alpha value is -2.74. The average Bonchev–Trinajstić information content (AvgIpc) is 3.27. The minimum Gasteiger partial charge on any atom is -0.372 e. The van der Waals surface area contributed by atoms with Crippen LogP contribution in [0.3, 0.4) is 0 Å². The molecule has 6 nitrogen and oxygen atoms in total. The average molecular weight is 653 g/mol. The summed E-state index contributed by atoms with van der Waals surface area (Å²) in [6, 6.07) is 2.36. The minimum atomic E-state index is -2.12. The van der Waals surface area contributed by atoms with Gasteiger partial charge in [0.15, 0.2) is 5.82 Å². The van der Waals surface area contributed by atoms with E-state index < -0.39 is 40.2 Å². The van der Waals surface area contributed by atoms with Crippen LogP contribution in [-0.2, 0) is 0 Å². The molecule has 4 rings (SSSR count). The number of benzene rings is 1. The van der Waals surface area contributed by atoms with Crippen molar-refractivity contribution in [3.63, 3.8) is 0 Å². The lowest BCUT2D eigenvalue weighted by Gasteiger charge is -2.36. The molecule has 3 heterocycles. The molecular formula is C30H38BF5N6S2. The zero-order valence-corrected chi connectivity index (χ0v) is 27.2. The van der Waals surface area contributed by atoms with Gasteiger partial charge in [0.25, 0.3) is 0 Å². The SMILES string of the molecule is CCC(F)F.[B]C(S)(S)C(CC)c1nc(NC2CCN(C(=C)C)CC2F)nn2cc(F)c(-c3cc(C)c(N=CC)c(F)c3)c12. The first-order valence-electron chi connectivity index (χ1n) is 14.3. The highest BCUT2D eigenvalue weighted by Gasteiger charge is 2.34. The molecule has 1 fully saturated rings. The number of allylic oxidation sites excluding steroid dienone is 1. The molecule has 0 aliphatic carbocycles. The van der Waals surface area contributed by atoms with Crippen molar-refractivity contribution in [2.45, 2.75) is 82.4 Å². The van der Waals surface area contributed by atoms with Crippen molar-refractivity contribution in [3.05, 3.63) is 53.5 Å². The van der Waals surface area contributed by atoms with Crippen LogP contribution < -0.4 is 5.32 Å². The number of piperidine rings is 1. The lowest BCUT2D eigenvalue weighted by molar-refractivity contribution is 0.144. The van der Waals surface area contributed by atoms with E-state index in [1.165, 1.54) is 29.9 Å². The number of alkyl halides is 3. The Bertz CT molecular complexity index is 1470. The Labute approximate surface area is 267 Å². The van der Waals surface area contributed by atoms with Crippen LogP contribution in [0.4, 0.5) is 33.6 Å². The number of aryl methyl sites for hydroxylation is 1. The van der Waals surface area contributed by atoms with E-state index in [0.29, 0.717) is 41.7 Å². The van der Waals surface area contributed by atoms with Crippen molar-refractivity contribution in [1.82, 2.24) is 19.5 Å². The van der Waals surface area contributed by atoms with Gasteiger partial charge in [0, 0.05) is 40.3 Å². The molecule has 3 unspecified atom stereocenters. The lowest BCUT2D eigenvalue weighted by atomic mass is 9.83. The molecule has 1 saturated heterocycles. The molecule has 0 bridgehead atoms. The zero-order chi connectivity index (χ0) is 32.9. The van der Waals surface area contributed by atoms with Gasteiger partial charge in [0.05, 0.1) is 30.0 Å². The highest BCUT2D eigenvalue weighted by Crippen LogP contribution is 2.42. The predicted octanol–water partition coefficient (Wildman–Crippen LogP) is 7.90. The van der Waals surface area contributed by atoms with Gasteiger partial charge in [-0.15, -0.1) is 5.10 Å². The maximum atomic E-state index is 15.6. The van der Waals surface area contributed by atoms with E-state index in [1.807, 2.05) is 18.7 Å². The van der Waals surface area contributed by atoms with Gasteiger partial charge in [-0.05, 0) is 56.9 Å². The van der Waals surface area contributed by atoms with Crippen LogP contribution in [0.25, 0.3) is 16.6 Å². The number of nitrogens with zero attached hydrogens (tertiary/aromatic N) is 5. The van der Waals surface area contributed by atoms with Gasteiger partial charge >= 0.3 is 0 Å². The molecule has 1 aromatic carbocycles. The van der Waals surface area contributed by atoms with Crippen LogP contribution in [-0.4, -0.2) is 69.3 Å². The highest BCUT2D eigenvalue weighted by atomic mass is 32.2. The largest absolute Gasteiger partial charge is 0.372 e. The zero-order valence-electron chi connectivity index (χ0n) is 25.5. The number of hydrogen-bond donors (Lipinski definition) is 3. The second-order valence-corrected chi connectivity index (χ2v) is 12.6. The lowest BCUT2D eigenvalue weighted by Crippen LogP contribution is -2.47. The molecular weight excluding hydrogens is 614 g/mol. The second-order valence-electron chi connectivity index (χ2n) is 10.8. The van der Waals surface area contributed by atoms with Gasteiger partial charge in [0.1, 0.15) is 25.5 Å². The van der Waals surface area contributed by atoms with Crippen molar-refractivity contribution in [2.24, 2.45) is 4.99 Å². The Balaban J connectivity index is 0.000000978. The molecule has 238 valence electrons. The first-order valence-corrected chi connectivity index (χ1v) is 15.2. The summed E-state index contributed by atoms with van der Waals surface area (Å²) < 4.78 is 67.2. The quantitative estimate of drug-likeness (QED) is 0.0724. The standard InChI is InChI=1S/C27H32BF3N6S2.C3H6F2/c1-6-17(27(28,38)39)24-25-22(16-10-15(5)23(32-7-2)18(29)11-16)20(31)13-37(25)35-26(34-24)33-21-8-9-36(14(3)4)12-19(21)30;1-2-3(4)5/h7,10-11,13,17,19,21,38-39H,3,6,8-9,12H2,1-2,4-5H3,(H,33,35);3H,2H2,1H3. The summed E-state index contributed by atoms with van der Waals surface area (Å²) in [4.78, 5) is 10.7. The van der Waals surface area contributed by atoms with Crippen LogP contribution in [0.1, 0.15) is 64.1 Å². The van der Waals surface area contributed by atoms with Gasteiger partial charge in [-0.2, -0.15) is 25.3 Å². The van der Waals surface area contributed by atoms with Crippen LogP contribution in [0.5, 0.6) is 0 Å². The van der Waals surface area contributed by atoms with Crippen LogP contribution >= 0.6 is 25.3 Å². The predicted molar refractivity (Wildman–Crippen MR) is 176 cm³/mol. The number of thiol groups is 2. The van der Waals surface area contributed by atoms with E-state index in [-0.39, 0.29) is 30.2 Å². The Kier molecular flexibility index (Phi) is 12.2. The van der Waals surface area contributed by atoms with Gasteiger partial charge in [-0.1, -0.05) is 20.4 Å². The summed E-state index contributed by atoms with van der Waals surface area (Å²) >= 11 is 8.96. The molecule has 0 spiro atoms. The fourth-order valence-corrected chi connectivity index (χ4v) is 5.72. The molecule has 1 N–H and O–H groups in total. The topological polar surface area (TPSA) is 57.8 Å². The molecule has 1 aliphatic rings. The molecule has 1 aliphatic heterocycles. The fourth-order valence-electron chi connectivity index (χ4n) is 5.11. The number of aliphatic imine (C=N–C) groups is 1. The van der Waals surface area contributed by atoms with Crippen molar-refractivity contribution in [3.8, 4) is 11.1 Å². The number of likely N-dealkylation sites (tertiary alicyclic amines) is 1. The third-order valence-corrected chi connectivity index (χ3v) is 7.99. The van der Waals surface area contributed by atoms with Crippen molar-refractivity contribution in [2.75, 3.05) is 18.4 Å². The van der Waals surface area contributed by atoms with E-state index in [2.05, 4.69) is 47.2 Å². The number of nitrogens with one attached hydrogen (secondary N) is 1. The molecule has 14 heteroatoms. The number of halogens is 5. The Morgan fingerprint density at radius 2 is 1.91 bits per heavy atom. The van der Waals surface area contributed by atoms with Crippen molar-refractivity contribution < 1.29 is 22.0 Å². The van der Waals surface area contributed by atoms with E-state index >= 15 is 13.2 Å². The summed E-state index contributed by atoms with van der Waals surface area (Å²) in [7, 11) is 6.31. The molecule has 3 aromatic rings. The molecule has 0 saturated carbocycles. The number of rotatable bonds is 9. The molecule has 44 heavy (non-hydrogen) atoms. The maximum absolute atomic E-state index is 15.6. The van der Waals surface area contributed by atoms with Crippen LogP contribution in [0, 0.1) is 18.6 Å². The third-order valence-electron chi connectivity index (χ3n) is 7.37. The molecule has 0 amide bonds. The van der Waals surface area contributed by atoms with Gasteiger partial charge < -0.3 is 10.2 Å². The van der Waals surface area contributed by atoms with E-state index in [4.69, 9.17) is 12.8 Å². The molecule has 2 aromatic heterocycles. The normalized spacial score (nSPS) is 18.1. The summed E-state index contributed by atoms with van der Waals surface area (Å²) in [5.74, 6) is -1.65. The van der Waals surface area contributed by atoms with E-state index in [9.17, 15) is 8.78 Å². The smallest absolute Gasteiger partial charge is 0.241 e. The molecule has 2 radical (unpaired) electrons. The van der Waals surface area contributed by atoms with Gasteiger partial charge in [-0.3, -0.25) is 4.99 Å². The summed E-state index contributed by atoms with van der Waals surface area (Å²) in [5, 5.41) is 7.56. The highest BCUT2D eigenvalue weighted by molar-refractivity contribution is 8.02. The Morgan fingerprint density at radius 1 is 1.25 bits per heavy atom. The monoisotopic (exact) mass is 652 g/mol. The summed E-state index contributed by atoms with van der Waals surface area (Å²) in [6.07, 6.45) is 0.313. The van der Waals surface area contributed by atoms with Gasteiger partial charge in [0.2, 0.25) is 12.4 Å². The van der Waals surface area contributed by atoms with Crippen molar-refractivity contribution in [1.29, 1.82) is 0 Å². The fraction of sp³-hybridized carbons (Fsp3) is 0.500. The van der Waals surface area contributed by atoms with Crippen LogP contribution in [0.2, 0.25) is 0 Å². The number of anilines is 1. The van der Waals surface area contributed by atoms with E-state index in [0.717, 1.165) is 5.70 Å². The van der Waals surface area contributed by atoms with Gasteiger partial charge in [-0.25, -0.2) is 31.5 Å². The third kappa shape index (κ3) is 8.29. The minimum absolute atomic E-state index is 0.0278. The van der Waals surface area contributed by atoms with E-state index in [1.54, 1.807) is 19.9 Å². The first kappa shape index (κ1) is 35.7. The number of aromatic nitrogens is 3. The summed E-state index contributed by atoms with van der Waals surface area (Å²) in [6.45, 7) is 13.3.